The standard InChI is InChI=1S/C20H28N2O4/c1-12(23)16-10-14(20(16,2)3)11-18(24)22-17(19(25)26-4)9-13-5-7-15(21)8-6-13/h5-8,14,16-17H,9-11,21H2,1-4H3,(H,22,24). The highest BCUT2D eigenvalue weighted by molar-refractivity contribution is 5.85. The van der Waals surface area contributed by atoms with E-state index in [2.05, 4.69) is 5.32 Å². The second-order valence-electron chi connectivity index (χ2n) is 7.71. The molecular weight excluding hydrogens is 332 g/mol. The van der Waals surface area contributed by atoms with Gasteiger partial charge >= 0.3 is 5.97 Å². The van der Waals surface area contributed by atoms with E-state index in [4.69, 9.17) is 10.5 Å². The van der Waals surface area contributed by atoms with Crippen molar-refractivity contribution in [2.45, 2.75) is 46.1 Å². The number of carbonyl (C=O) groups is 3. The zero-order valence-electron chi connectivity index (χ0n) is 15.9. The number of nitrogen functional groups attached to an aromatic ring is 1. The number of methoxy groups -OCH3 is 1. The number of ketones is 1. The highest BCUT2D eigenvalue weighted by atomic mass is 16.5. The number of nitrogens with one attached hydrogen (secondary N) is 1. The summed E-state index contributed by atoms with van der Waals surface area (Å²) in [5.74, 6) is -0.374. The van der Waals surface area contributed by atoms with Crippen molar-refractivity contribution >= 4 is 23.3 Å². The van der Waals surface area contributed by atoms with Gasteiger partial charge in [-0.25, -0.2) is 4.79 Å². The van der Waals surface area contributed by atoms with Crippen molar-refractivity contribution in [2.24, 2.45) is 17.3 Å². The maximum Gasteiger partial charge on any atom is 0.328 e. The summed E-state index contributed by atoms with van der Waals surface area (Å²) in [7, 11) is 1.30. The third-order valence-corrected chi connectivity index (χ3v) is 5.63. The first-order valence-electron chi connectivity index (χ1n) is 8.87. The molecule has 3 atom stereocenters. The number of nitrogens with two attached hydrogens (primary N) is 1. The molecule has 142 valence electrons. The minimum Gasteiger partial charge on any atom is -0.467 e. The van der Waals surface area contributed by atoms with Crippen LogP contribution in [-0.4, -0.2) is 30.8 Å². The van der Waals surface area contributed by atoms with Crippen LogP contribution >= 0.6 is 0 Å². The van der Waals surface area contributed by atoms with E-state index in [0.29, 0.717) is 18.5 Å². The molecule has 3 unspecified atom stereocenters. The lowest BCUT2D eigenvalue weighted by Gasteiger charge is -2.51. The van der Waals surface area contributed by atoms with E-state index in [1.807, 2.05) is 26.0 Å². The number of Topliss-reactive ketones (excluding diaryl/α,β-unsaturated/α-hetero) is 1. The van der Waals surface area contributed by atoms with Crippen LogP contribution in [0.2, 0.25) is 0 Å². The average molecular weight is 360 g/mol. The largest absolute Gasteiger partial charge is 0.467 e. The van der Waals surface area contributed by atoms with Crippen molar-refractivity contribution < 1.29 is 19.1 Å². The van der Waals surface area contributed by atoms with Crippen LogP contribution in [-0.2, 0) is 25.5 Å². The molecule has 26 heavy (non-hydrogen) atoms. The lowest BCUT2D eigenvalue weighted by atomic mass is 9.52. The Labute approximate surface area is 154 Å². The first-order valence-corrected chi connectivity index (χ1v) is 8.87. The van der Waals surface area contributed by atoms with Crippen molar-refractivity contribution in [3.63, 3.8) is 0 Å². The van der Waals surface area contributed by atoms with E-state index in [0.717, 1.165) is 12.0 Å². The fourth-order valence-corrected chi connectivity index (χ4v) is 3.75. The number of rotatable bonds is 7. The van der Waals surface area contributed by atoms with Crippen molar-refractivity contribution in [3.05, 3.63) is 29.8 Å². The van der Waals surface area contributed by atoms with E-state index >= 15 is 0 Å². The van der Waals surface area contributed by atoms with Gasteiger partial charge in [-0.2, -0.15) is 0 Å². The lowest BCUT2D eigenvalue weighted by Crippen LogP contribution is -2.51. The molecule has 1 aliphatic carbocycles. The second-order valence-corrected chi connectivity index (χ2v) is 7.71. The molecule has 0 heterocycles. The molecule has 0 radical (unpaired) electrons. The van der Waals surface area contributed by atoms with Crippen LogP contribution in [0.1, 0.15) is 39.2 Å². The molecule has 2 rings (SSSR count). The molecular formula is C20H28N2O4. The molecule has 0 saturated heterocycles. The van der Waals surface area contributed by atoms with Crippen molar-refractivity contribution in [2.75, 3.05) is 12.8 Å². The summed E-state index contributed by atoms with van der Waals surface area (Å²) in [6.45, 7) is 5.64. The fourth-order valence-electron chi connectivity index (χ4n) is 3.75. The number of amides is 1. The lowest BCUT2D eigenvalue weighted by molar-refractivity contribution is -0.146. The topological polar surface area (TPSA) is 98.5 Å². The van der Waals surface area contributed by atoms with E-state index in [-0.39, 0.29) is 28.9 Å². The number of hydrogen-bond donors (Lipinski definition) is 2. The molecule has 3 N–H and O–H groups in total. The Morgan fingerprint density at radius 1 is 1.27 bits per heavy atom. The van der Waals surface area contributed by atoms with Gasteiger partial charge in [0.25, 0.3) is 0 Å². The zero-order valence-corrected chi connectivity index (χ0v) is 15.9. The quantitative estimate of drug-likeness (QED) is 0.573. The van der Waals surface area contributed by atoms with Crippen molar-refractivity contribution in [3.8, 4) is 0 Å². The summed E-state index contributed by atoms with van der Waals surface area (Å²) in [5.41, 5.74) is 7.00. The number of esters is 1. The monoisotopic (exact) mass is 360 g/mol. The van der Waals surface area contributed by atoms with Crippen LogP contribution in [0.25, 0.3) is 0 Å². The Morgan fingerprint density at radius 2 is 1.88 bits per heavy atom. The molecule has 1 fully saturated rings. The Bertz CT molecular complexity index is 682. The van der Waals surface area contributed by atoms with Crippen LogP contribution in [0, 0.1) is 17.3 Å². The third kappa shape index (κ3) is 4.42. The number of ether oxygens (including phenoxy) is 1. The molecule has 1 saturated carbocycles. The average Bonchev–Trinajstić information content (AvgIpc) is 2.58. The van der Waals surface area contributed by atoms with Gasteiger partial charge < -0.3 is 15.8 Å². The maximum absolute atomic E-state index is 12.5. The number of carbonyl (C=O) groups excluding carboxylic acids is 3. The SMILES string of the molecule is COC(=O)C(Cc1ccc(N)cc1)NC(=O)CC1CC(C(C)=O)C1(C)C. The van der Waals surface area contributed by atoms with Gasteiger partial charge in [-0.1, -0.05) is 26.0 Å². The van der Waals surface area contributed by atoms with Gasteiger partial charge in [0, 0.05) is 24.4 Å². The number of hydrogen-bond acceptors (Lipinski definition) is 5. The number of benzene rings is 1. The van der Waals surface area contributed by atoms with Gasteiger partial charge in [0.05, 0.1) is 7.11 Å². The van der Waals surface area contributed by atoms with Gasteiger partial charge in [-0.15, -0.1) is 0 Å². The van der Waals surface area contributed by atoms with Crippen molar-refractivity contribution in [1.29, 1.82) is 0 Å². The first-order chi connectivity index (χ1) is 12.1. The molecule has 0 bridgehead atoms. The predicted octanol–water partition coefficient (Wildman–Crippen LogP) is 2.11. The summed E-state index contributed by atoms with van der Waals surface area (Å²) in [6.07, 6.45) is 1.35. The third-order valence-electron chi connectivity index (χ3n) is 5.63. The summed E-state index contributed by atoms with van der Waals surface area (Å²) in [4.78, 5) is 36.1. The second kappa shape index (κ2) is 7.89. The summed E-state index contributed by atoms with van der Waals surface area (Å²) in [6, 6.07) is 6.41. The van der Waals surface area contributed by atoms with Crippen molar-refractivity contribution in [1.82, 2.24) is 5.32 Å². The highest BCUT2D eigenvalue weighted by Gasteiger charge is 2.50. The number of anilines is 1. The fraction of sp³-hybridized carbons (Fsp3) is 0.550. The van der Waals surface area contributed by atoms with Crippen LogP contribution in [0.3, 0.4) is 0 Å². The minimum atomic E-state index is -0.747. The molecule has 0 aliphatic heterocycles. The molecule has 0 aromatic heterocycles. The molecule has 6 nitrogen and oxygen atoms in total. The Hall–Kier alpha value is -2.37. The van der Waals surface area contributed by atoms with Crippen LogP contribution in [0.5, 0.6) is 0 Å². The molecule has 1 amide bonds. The molecule has 0 spiro atoms. The van der Waals surface area contributed by atoms with Gasteiger partial charge in [0.1, 0.15) is 11.8 Å². The van der Waals surface area contributed by atoms with Gasteiger partial charge in [0.15, 0.2) is 0 Å². The van der Waals surface area contributed by atoms with Crippen LogP contribution < -0.4 is 11.1 Å². The minimum absolute atomic E-state index is 0.00600. The van der Waals surface area contributed by atoms with Gasteiger partial charge in [-0.3, -0.25) is 9.59 Å². The van der Waals surface area contributed by atoms with E-state index in [1.54, 1.807) is 19.1 Å². The molecule has 1 aromatic rings. The maximum atomic E-state index is 12.5. The Morgan fingerprint density at radius 3 is 2.38 bits per heavy atom. The molecule has 1 aliphatic rings. The smallest absolute Gasteiger partial charge is 0.328 e. The summed E-state index contributed by atoms with van der Waals surface area (Å²) >= 11 is 0. The Kier molecular flexibility index (Phi) is 6.05. The van der Waals surface area contributed by atoms with E-state index in [9.17, 15) is 14.4 Å². The van der Waals surface area contributed by atoms with Crippen LogP contribution in [0.15, 0.2) is 24.3 Å². The van der Waals surface area contributed by atoms with Gasteiger partial charge in [-0.05, 0) is 42.4 Å². The van der Waals surface area contributed by atoms with Gasteiger partial charge in [0.2, 0.25) is 5.91 Å². The highest BCUT2D eigenvalue weighted by Crippen LogP contribution is 2.53. The molecule has 6 heteroatoms. The van der Waals surface area contributed by atoms with E-state index < -0.39 is 12.0 Å². The first kappa shape index (κ1) is 19.9. The van der Waals surface area contributed by atoms with E-state index in [1.165, 1.54) is 7.11 Å². The summed E-state index contributed by atoms with van der Waals surface area (Å²) in [5, 5.41) is 2.78. The zero-order chi connectivity index (χ0) is 19.5. The van der Waals surface area contributed by atoms with Crippen LogP contribution in [0.4, 0.5) is 5.69 Å². The summed E-state index contributed by atoms with van der Waals surface area (Å²) < 4.78 is 4.82. The molecule has 1 aromatic carbocycles. The normalized spacial score (nSPS) is 22.0. The predicted molar refractivity (Wildman–Crippen MR) is 99.2 cm³/mol. The Balaban J connectivity index is 1.98.